The monoisotopic (exact) mass is 398 g/mol. The molecule has 1 amide bonds. The molecule has 2 aromatic rings. The normalized spacial score (nSPS) is 16.4. The first-order valence-electron chi connectivity index (χ1n) is 9.55. The number of benzene rings is 2. The van der Waals surface area contributed by atoms with E-state index >= 15 is 0 Å². The fraction of sp³-hybridized carbons (Fsp3) is 0.364. The highest BCUT2D eigenvalue weighted by Gasteiger charge is 2.28. The number of rotatable bonds is 6. The average molecular weight is 399 g/mol. The molecule has 1 heterocycles. The number of hydrogen-bond donors (Lipinski definition) is 0. The minimum absolute atomic E-state index is 0.127. The predicted molar refractivity (Wildman–Crippen MR) is 113 cm³/mol. The van der Waals surface area contributed by atoms with Crippen molar-refractivity contribution in [3.05, 3.63) is 60.7 Å². The van der Waals surface area contributed by atoms with Crippen molar-refractivity contribution >= 4 is 29.3 Å². The Hall–Kier alpha value is -2.47. The van der Waals surface area contributed by atoms with Crippen molar-refractivity contribution in [1.82, 2.24) is 4.90 Å². The van der Waals surface area contributed by atoms with E-state index < -0.39 is 6.10 Å². The number of esters is 1. The van der Waals surface area contributed by atoms with Gasteiger partial charge in [0.05, 0.1) is 0 Å². The minimum atomic E-state index is -0.769. The summed E-state index contributed by atoms with van der Waals surface area (Å²) >= 11 is 1.43. The topological polar surface area (TPSA) is 49.9 Å². The Morgan fingerprint density at radius 3 is 2.07 bits per heavy atom. The van der Waals surface area contributed by atoms with E-state index in [0.717, 1.165) is 18.0 Å². The smallest absolute Gasteiger partial charge is 0.319 e. The largest absolute Gasteiger partial charge is 0.452 e. The molecule has 0 bridgehead atoms. The summed E-state index contributed by atoms with van der Waals surface area (Å²) in [5, 5.41) is -0.368. The molecule has 1 fully saturated rings. The van der Waals surface area contributed by atoms with Gasteiger partial charge in [0.15, 0.2) is 6.10 Å². The van der Waals surface area contributed by atoms with Crippen molar-refractivity contribution in [3.8, 4) is 0 Å². The van der Waals surface area contributed by atoms with Crippen molar-refractivity contribution < 1.29 is 14.3 Å². The van der Waals surface area contributed by atoms with Gasteiger partial charge in [-0.3, -0.25) is 9.59 Å². The SMILES string of the molecule is C[C@H](OC(=O)[C@H](C)Sc1ccccc1)C(=O)N1CCN(c2ccccc2)CC1. The van der Waals surface area contributed by atoms with Gasteiger partial charge >= 0.3 is 5.97 Å². The van der Waals surface area contributed by atoms with Crippen LogP contribution in [-0.2, 0) is 14.3 Å². The summed E-state index contributed by atoms with van der Waals surface area (Å²) in [5.74, 6) is -0.490. The lowest BCUT2D eigenvalue weighted by molar-refractivity contribution is -0.158. The van der Waals surface area contributed by atoms with Crippen LogP contribution in [0.15, 0.2) is 65.6 Å². The maximum Gasteiger partial charge on any atom is 0.319 e. The standard InChI is InChI=1S/C22H26N2O3S/c1-17(27-22(26)18(2)28-20-11-7-4-8-12-20)21(25)24-15-13-23(14-16-24)19-9-5-3-6-10-19/h3-12,17-18H,13-16H2,1-2H3/t17-,18-/m0/s1. The molecule has 1 aliphatic heterocycles. The summed E-state index contributed by atoms with van der Waals surface area (Å²) in [7, 11) is 0. The number of hydrogen-bond acceptors (Lipinski definition) is 5. The van der Waals surface area contributed by atoms with Crippen LogP contribution >= 0.6 is 11.8 Å². The van der Waals surface area contributed by atoms with E-state index in [-0.39, 0.29) is 17.1 Å². The van der Waals surface area contributed by atoms with Gasteiger partial charge in [0, 0.05) is 36.8 Å². The molecule has 6 heteroatoms. The minimum Gasteiger partial charge on any atom is -0.452 e. The molecular weight excluding hydrogens is 372 g/mol. The molecule has 148 valence electrons. The van der Waals surface area contributed by atoms with E-state index in [9.17, 15) is 9.59 Å². The van der Waals surface area contributed by atoms with Gasteiger partial charge in [-0.25, -0.2) is 0 Å². The third kappa shape index (κ3) is 5.29. The van der Waals surface area contributed by atoms with Crippen molar-refractivity contribution in [3.63, 3.8) is 0 Å². The van der Waals surface area contributed by atoms with Gasteiger partial charge in [-0.05, 0) is 38.1 Å². The van der Waals surface area contributed by atoms with Crippen LogP contribution in [0.4, 0.5) is 5.69 Å². The Labute approximate surface area is 170 Å². The number of thioether (sulfide) groups is 1. The first-order chi connectivity index (χ1) is 13.5. The Morgan fingerprint density at radius 1 is 0.893 bits per heavy atom. The molecule has 28 heavy (non-hydrogen) atoms. The molecule has 2 aromatic carbocycles. The van der Waals surface area contributed by atoms with E-state index in [4.69, 9.17) is 4.74 Å². The molecule has 0 unspecified atom stereocenters. The number of anilines is 1. The van der Waals surface area contributed by atoms with Crippen molar-refractivity contribution in [2.45, 2.75) is 30.1 Å². The highest BCUT2D eigenvalue weighted by Crippen LogP contribution is 2.24. The number of amides is 1. The van der Waals surface area contributed by atoms with Gasteiger partial charge < -0.3 is 14.5 Å². The first-order valence-corrected chi connectivity index (χ1v) is 10.4. The molecule has 0 radical (unpaired) electrons. The van der Waals surface area contributed by atoms with E-state index in [1.54, 1.807) is 18.7 Å². The molecule has 1 saturated heterocycles. The van der Waals surface area contributed by atoms with E-state index in [1.807, 2.05) is 48.5 Å². The third-order valence-corrected chi connectivity index (χ3v) is 5.83. The second kappa shape index (κ2) is 9.64. The van der Waals surface area contributed by atoms with Crippen LogP contribution in [0, 0.1) is 0 Å². The molecule has 3 rings (SSSR count). The molecular formula is C22H26N2O3S. The summed E-state index contributed by atoms with van der Waals surface area (Å²) in [4.78, 5) is 30.1. The van der Waals surface area contributed by atoms with Crippen molar-refractivity contribution in [2.75, 3.05) is 31.1 Å². The quantitative estimate of drug-likeness (QED) is 0.551. The Balaban J connectivity index is 1.47. The third-order valence-electron chi connectivity index (χ3n) is 4.74. The number of piperazine rings is 1. The van der Waals surface area contributed by atoms with Crippen molar-refractivity contribution in [2.24, 2.45) is 0 Å². The lowest BCUT2D eigenvalue weighted by atomic mass is 10.2. The van der Waals surface area contributed by atoms with Crippen LogP contribution in [0.5, 0.6) is 0 Å². The molecule has 0 N–H and O–H groups in total. The zero-order valence-electron chi connectivity index (χ0n) is 16.3. The predicted octanol–water partition coefficient (Wildman–Crippen LogP) is 3.45. The second-order valence-electron chi connectivity index (χ2n) is 6.80. The van der Waals surface area contributed by atoms with Crippen LogP contribution in [0.1, 0.15) is 13.8 Å². The van der Waals surface area contributed by atoms with E-state index in [2.05, 4.69) is 17.0 Å². The number of nitrogens with zero attached hydrogens (tertiary/aromatic N) is 2. The number of ether oxygens (including phenoxy) is 1. The van der Waals surface area contributed by atoms with Crippen LogP contribution in [0.3, 0.4) is 0 Å². The van der Waals surface area contributed by atoms with Gasteiger partial charge in [-0.15, -0.1) is 11.8 Å². The molecule has 0 aromatic heterocycles. The average Bonchev–Trinajstić information content (AvgIpc) is 2.74. The maximum atomic E-state index is 12.7. The Morgan fingerprint density at radius 2 is 1.46 bits per heavy atom. The number of carbonyl (C=O) groups excluding carboxylic acids is 2. The lowest BCUT2D eigenvalue weighted by Crippen LogP contribution is -2.51. The summed E-state index contributed by atoms with van der Waals surface area (Å²) in [6.45, 7) is 6.26. The molecule has 1 aliphatic rings. The Kier molecular flexibility index (Phi) is 6.98. The molecule has 0 saturated carbocycles. The fourth-order valence-electron chi connectivity index (χ4n) is 3.15. The second-order valence-corrected chi connectivity index (χ2v) is 8.21. The molecule has 5 nitrogen and oxygen atoms in total. The fourth-order valence-corrected chi connectivity index (χ4v) is 4.03. The van der Waals surface area contributed by atoms with Gasteiger partial charge in [-0.1, -0.05) is 36.4 Å². The zero-order chi connectivity index (χ0) is 19.9. The molecule has 0 spiro atoms. The zero-order valence-corrected chi connectivity index (χ0v) is 17.1. The van der Waals surface area contributed by atoms with Crippen LogP contribution in [-0.4, -0.2) is 54.3 Å². The molecule has 2 atom stereocenters. The van der Waals surface area contributed by atoms with Gasteiger partial charge in [-0.2, -0.15) is 0 Å². The van der Waals surface area contributed by atoms with Crippen LogP contribution < -0.4 is 4.90 Å². The maximum absolute atomic E-state index is 12.7. The van der Waals surface area contributed by atoms with Crippen LogP contribution in [0.25, 0.3) is 0 Å². The van der Waals surface area contributed by atoms with E-state index in [1.165, 1.54) is 17.4 Å². The van der Waals surface area contributed by atoms with Gasteiger partial charge in [0.25, 0.3) is 5.91 Å². The molecule has 0 aliphatic carbocycles. The number of carbonyl (C=O) groups is 2. The van der Waals surface area contributed by atoms with E-state index in [0.29, 0.717) is 13.1 Å². The number of para-hydroxylation sites is 1. The lowest BCUT2D eigenvalue weighted by Gasteiger charge is -2.37. The summed E-state index contributed by atoms with van der Waals surface area (Å²) in [6, 6.07) is 19.9. The van der Waals surface area contributed by atoms with Gasteiger partial charge in [0.2, 0.25) is 0 Å². The highest BCUT2D eigenvalue weighted by molar-refractivity contribution is 8.00. The summed E-state index contributed by atoms with van der Waals surface area (Å²) in [5.41, 5.74) is 1.17. The summed E-state index contributed by atoms with van der Waals surface area (Å²) in [6.07, 6.45) is -0.769. The summed E-state index contributed by atoms with van der Waals surface area (Å²) < 4.78 is 5.45. The first kappa shape index (κ1) is 20.3. The highest BCUT2D eigenvalue weighted by atomic mass is 32.2. The van der Waals surface area contributed by atoms with Crippen LogP contribution in [0.2, 0.25) is 0 Å². The van der Waals surface area contributed by atoms with Crippen molar-refractivity contribution in [1.29, 1.82) is 0 Å². The Bertz CT molecular complexity index is 777. The van der Waals surface area contributed by atoms with Gasteiger partial charge in [0.1, 0.15) is 5.25 Å².